The van der Waals surface area contributed by atoms with Crippen molar-refractivity contribution in [2.24, 2.45) is 5.92 Å². The molecule has 1 amide bonds. The van der Waals surface area contributed by atoms with Crippen LogP contribution in [-0.2, 0) is 27.6 Å². The maximum atomic E-state index is 11.6. The van der Waals surface area contributed by atoms with Gasteiger partial charge in [0.1, 0.15) is 12.4 Å². The Balaban J connectivity index is 0.000000384. The number of amides is 1. The molecule has 0 unspecified atom stereocenters. The molecule has 1 aliphatic rings. The first-order valence-electron chi connectivity index (χ1n) is 14.2. The van der Waals surface area contributed by atoms with Gasteiger partial charge in [0, 0.05) is 25.8 Å². The lowest BCUT2D eigenvalue weighted by Gasteiger charge is -2.07. The summed E-state index contributed by atoms with van der Waals surface area (Å²) in [4.78, 5) is 37.7. The number of rotatable bonds is 18. The number of carbonyl (C=O) groups is 2. The number of carbonyl (C=O) groups excluding carboxylic acids is 2. The highest BCUT2D eigenvalue weighted by molar-refractivity contribution is 5.78. The van der Waals surface area contributed by atoms with Gasteiger partial charge in [-0.2, -0.15) is 0 Å². The van der Waals surface area contributed by atoms with Crippen LogP contribution in [0.25, 0.3) is 0 Å². The Morgan fingerprint density at radius 2 is 1.78 bits per heavy atom. The Hall–Kier alpha value is -2.70. The largest absolute Gasteiger partial charge is 0.352 e. The molecule has 0 aliphatic heterocycles. The van der Waals surface area contributed by atoms with Crippen molar-refractivity contribution in [3.05, 3.63) is 57.7 Å². The first-order valence-corrected chi connectivity index (χ1v) is 14.2. The van der Waals surface area contributed by atoms with Crippen LogP contribution in [0, 0.1) is 16.0 Å². The van der Waals surface area contributed by atoms with Crippen molar-refractivity contribution in [3.8, 4) is 0 Å². The van der Waals surface area contributed by atoms with E-state index in [0.717, 1.165) is 43.6 Å². The fraction of sp³-hybridized carbons (Fsp3) is 0.667. The summed E-state index contributed by atoms with van der Waals surface area (Å²) in [6.45, 7) is 4.51. The number of allylic oxidation sites excluding steroid dienone is 2. The van der Waals surface area contributed by atoms with Crippen LogP contribution in [0.2, 0.25) is 0 Å². The molecule has 0 saturated heterocycles. The van der Waals surface area contributed by atoms with Crippen molar-refractivity contribution in [2.75, 3.05) is 0 Å². The van der Waals surface area contributed by atoms with Crippen molar-refractivity contribution in [1.82, 2.24) is 5.32 Å². The van der Waals surface area contributed by atoms with Gasteiger partial charge in [-0.3, -0.25) is 9.59 Å². The fourth-order valence-corrected chi connectivity index (χ4v) is 4.51. The van der Waals surface area contributed by atoms with Crippen LogP contribution in [-0.4, -0.2) is 16.8 Å². The minimum absolute atomic E-state index is 0.00597. The van der Waals surface area contributed by atoms with Gasteiger partial charge in [-0.1, -0.05) is 94.7 Å². The third kappa shape index (κ3) is 18.2. The van der Waals surface area contributed by atoms with E-state index < -0.39 is 5.09 Å². The quantitative estimate of drug-likeness (QED) is 0.0935. The van der Waals surface area contributed by atoms with Crippen LogP contribution < -0.4 is 5.32 Å². The molecule has 1 saturated carbocycles. The van der Waals surface area contributed by atoms with Crippen molar-refractivity contribution in [3.63, 3.8) is 0 Å². The standard InChI is InChI=1S/C15H20N2O4.C15H28O/c1-2-3-4-5-9-15(18)16-11-13-7-6-8-14(10-13)12-21-17(19)20;1-2-3-4-5-6-11-15(16)13-12-14-9-7-8-10-14/h2-3,6-8,10H,4-5,9,11-12H2,1H3,(H,16,18);14H,2-13H2,1H3/b3-2-;. The van der Waals surface area contributed by atoms with Crippen molar-refractivity contribution >= 4 is 11.7 Å². The molecule has 1 fully saturated rings. The topological polar surface area (TPSA) is 98.5 Å². The molecule has 0 spiro atoms. The minimum Gasteiger partial charge on any atom is -0.352 e. The lowest BCUT2D eigenvalue weighted by atomic mass is 9.98. The summed E-state index contributed by atoms with van der Waals surface area (Å²) in [5.74, 6) is 1.40. The normalized spacial score (nSPS) is 13.2. The maximum Gasteiger partial charge on any atom is 0.294 e. The maximum absolute atomic E-state index is 11.6. The van der Waals surface area contributed by atoms with E-state index in [1.807, 2.05) is 25.1 Å². The van der Waals surface area contributed by atoms with Gasteiger partial charge in [0.25, 0.3) is 5.09 Å². The van der Waals surface area contributed by atoms with Gasteiger partial charge in [0.05, 0.1) is 0 Å². The Bertz CT molecular complexity index is 803. The Kier molecular flexibility index (Phi) is 18.7. The molecule has 0 radical (unpaired) electrons. The first-order chi connectivity index (χ1) is 17.9. The number of unbranched alkanes of at least 4 members (excludes halogenated alkanes) is 5. The van der Waals surface area contributed by atoms with Gasteiger partial charge >= 0.3 is 0 Å². The number of benzene rings is 1. The molecule has 1 aliphatic carbocycles. The van der Waals surface area contributed by atoms with Crippen LogP contribution in [0.5, 0.6) is 0 Å². The van der Waals surface area contributed by atoms with Crippen molar-refractivity contribution in [2.45, 2.75) is 123 Å². The molecule has 1 N–H and O–H groups in total. The first kappa shape index (κ1) is 32.3. The summed E-state index contributed by atoms with van der Waals surface area (Å²) >= 11 is 0. The van der Waals surface area contributed by atoms with Gasteiger partial charge in [-0.05, 0) is 49.7 Å². The predicted octanol–water partition coefficient (Wildman–Crippen LogP) is 7.64. The number of nitrogens with zero attached hydrogens (tertiary/aromatic N) is 1. The lowest BCUT2D eigenvalue weighted by molar-refractivity contribution is -0.763. The van der Waals surface area contributed by atoms with E-state index in [-0.39, 0.29) is 12.5 Å². The number of nitrogens with one attached hydrogen (secondary N) is 1. The zero-order chi connectivity index (χ0) is 27.1. The number of hydrogen-bond donors (Lipinski definition) is 1. The molecule has 1 aromatic carbocycles. The van der Waals surface area contributed by atoms with Crippen molar-refractivity contribution < 1.29 is 19.5 Å². The zero-order valence-corrected chi connectivity index (χ0v) is 23.1. The summed E-state index contributed by atoms with van der Waals surface area (Å²) < 4.78 is 0. The molecule has 0 heterocycles. The highest BCUT2D eigenvalue weighted by atomic mass is 16.9. The van der Waals surface area contributed by atoms with Gasteiger partial charge in [0.15, 0.2) is 0 Å². The number of hydrogen-bond acceptors (Lipinski definition) is 5. The van der Waals surface area contributed by atoms with Crippen LogP contribution in [0.3, 0.4) is 0 Å². The molecule has 2 rings (SSSR count). The number of Topliss-reactive ketones (excluding diaryl/α,β-unsaturated/α-hetero) is 1. The van der Waals surface area contributed by atoms with Crippen molar-refractivity contribution in [1.29, 1.82) is 0 Å². The van der Waals surface area contributed by atoms with E-state index >= 15 is 0 Å². The highest BCUT2D eigenvalue weighted by Crippen LogP contribution is 2.28. The van der Waals surface area contributed by atoms with Crippen LogP contribution in [0.4, 0.5) is 0 Å². The monoisotopic (exact) mass is 516 g/mol. The van der Waals surface area contributed by atoms with Gasteiger partial charge < -0.3 is 10.2 Å². The summed E-state index contributed by atoms with van der Waals surface area (Å²) in [5, 5.41) is 12.2. The van der Waals surface area contributed by atoms with E-state index in [4.69, 9.17) is 0 Å². The summed E-state index contributed by atoms with van der Waals surface area (Å²) in [6, 6.07) is 7.16. The molecular formula is C30H48N2O5. The van der Waals surface area contributed by atoms with E-state index in [2.05, 4.69) is 17.1 Å². The second kappa shape index (κ2) is 21.4. The second-order valence-electron chi connectivity index (χ2n) is 9.95. The molecule has 0 bridgehead atoms. The van der Waals surface area contributed by atoms with E-state index in [9.17, 15) is 19.7 Å². The Labute approximate surface area is 223 Å². The van der Waals surface area contributed by atoms with E-state index in [1.54, 1.807) is 18.2 Å². The molecule has 37 heavy (non-hydrogen) atoms. The van der Waals surface area contributed by atoms with Crippen LogP contribution >= 0.6 is 0 Å². The third-order valence-electron chi connectivity index (χ3n) is 6.69. The second-order valence-corrected chi connectivity index (χ2v) is 9.95. The summed E-state index contributed by atoms with van der Waals surface area (Å²) in [6.07, 6.45) is 21.0. The Morgan fingerprint density at radius 1 is 1.05 bits per heavy atom. The fourth-order valence-electron chi connectivity index (χ4n) is 4.51. The number of ketones is 1. The average molecular weight is 517 g/mol. The summed E-state index contributed by atoms with van der Waals surface area (Å²) in [7, 11) is 0. The lowest BCUT2D eigenvalue weighted by Crippen LogP contribution is -2.22. The smallest absolute Gasteiger partial charge is 0.294 e. The van der Waals surface area contributed by atoms with Gasteiger partial charge in [-0.15, -0.1) is 10.1 Å². The van der Waals surface area contributed by atoms with Gasteiger partial charge in [-0.25, -0.2) is 0 Å². The molecule has 7 nitrogen and oxygen atoms in total. The molecule has 1 aromatic rings. The molecule has 7 heteroatoms. The minimum atomic E-state index is -0.820. The van der Waals surface area contributed by atoms with Crippen LogP contribution in [0.1, 0.15) is 121 Å². The SMILES string of the molecule is C/C=C\CCCC(=O)NCc1cccc(CO[N+](=O)[O-])c1.CCCCCCCC(=O)CCC1CCCC1. The molecule has 0 aromatic heterocycles. The average Bonchev–Trinajstić information content (AvgIpc) is 3.42. The molecule has 208 valence electrons. The summed E-state index contributed by atoms with van der Waals surface area (Å²) in [5.41, 5.74) is 1.59. The van der Waals surface area contributed by atoms with E-state index in [0.29, 0.717) is 24.3 Å². The van der Waals surface area contributed by atoms with Crippen LogP contribution in [0.15, 0.2) is 36.4 Å². The third-order valence-corrected chi connectivity index (χ3v) is 6.69. The highest BCUT2D eigenvalue weighted by Gasteiger charge is 2.15. The predicted molar refractivity (Wildman–Crippen MR) is 148 cm³/mol. The molecular weight excluding hydrogens is 468 g/mol. The van der Waals surface area contributed by atoms with E-state index in [1.165, 1.54) is 57.8 Å². The molecule has 0 atom stereocenters. The Morgan fingerprint density at radius 3 is 2.49 bits per heavy atom. The van der Waals surface area contributed by atoms with Gasteiger partial charge in [0.2, 0.25) is 5.91 Å². The zero-order valence-electron chi connectivity index (χ0n) is 23.1.